The molecule has 1 saturated heterocycles. The second-order valence-electron chi connectivity index (χ2n) is 6.31. The van der Waals surface area contributed by atoms with Gasteiger partial charge in [-0.15, -0.1) is 0 Å². The van der Waals surface area contributed by atoms with Gasteiger partial charge in [-0.25, -0.2) is 8.42 Å². The Morgan fingerprint density at radius 3 is 2.54 bits per heavy atom. The third kappa shape index (κ3) is 4.66. The van der Waals surface area contributed by atoms with Gasteiger partial charge < -0.3 is 14.6 Å². The molecule has 1 aliphatic heterocycles. The summed E-state index contributed by atoms with van der Waals surface area (Å²) in [6.45, 7) is 0.715. The fourth-order valence-corrected chi connectivity index (χ4v) is 4.71. The van der Waals surface area contributed by atoms with Crippen LogP contribution in [0, 0.1) is 0 Å². The Bertz CT molecular complexity index is 737. The fourth-order valence-electron chi connectivity index (χ4n) is 3.20. The number of methoxy groups -OCH3 is 2. The van der Waals surface area contributed by atoms with E-state index in [1.165, 1.54) is 30.7 Å². The van der Waals surface area contributed by atoms with Gasteiger partial charge in [0.25, 0.3) is 0 Å². The molecule has 1 heterocycles. The number of carboxylic acids is 1. The van der Waals surface area contributed by atoms with E-state index < -0.39 is 16.0 Å². The molecule has 146 valence electrons. The highest BCUT2D eigenvalue weighted by Gasteiger charge is 2.29. The Kier molecular flexibility index (Phi) is 6.85. The van der Waals surface area contributed by atoms with Crippen molar-refractivity contribution in [2.75, 3.05) is 40.9 Å². The number of likely N-dealkylation sites (N-methyl/N-ethyl adjacent to an activating group) is 1. The number of carbonyl (C=O) groups is 1. The fraction of sp³-hybridized carbons (Fsp3) is 0.588. The number of benzene rings is 1. The third-order valence-electron chi connectivity index (χ3n) is 4.66. The summed E-state index contributed by atoms with van der Waals surface area (Å²) in [5, 5.41) is 8.94. The summed E-state index contributed by atoms with van der Waals surface area (Å²) in [7, 11) is 1.07. The molecule has 1 fully saturated rings. The van der Waals surface area contributed by atoms with Gasteiger partial charge in [-0.3, -0.25) is 9.69 Å². The van der Waals surface area contributed by atoms with Crippen molar-refractivity contribution in [2.24, 2.45) is 0 Å². The number of hydrogen-bond acceptors (Lipinski definition) is 6. The summed E-state index contributed by atoms with van der Waals surface area (Å²) < 4.78 is 37.8. The molecule has 1 N–H and O–H groups in total. The molecule has 8 nitrogen and oxygen atoms in total. The lowest BCUT2D eigenvalue weighted by molar-refractivity contribution is -0.138. The zero-order valence-corrected chi connectivity index (χ0v) is 16.2. The lowest BCUT2D eigenvalue weighted by Crippen LogP contribution is -2.37. The summed E-state index contributed by atoms with van der Waals surface area (Å²) in [4.78, 5) is 12.8. The van der Waals surface area contributed by atoms with Crippen LogP contribution in [0.4, 0.5) is 0 Å². The van der Waals surface area contributed by atoms with Crippen molar-refractivity contribution in [1.82, 2.24) is 9.21 Å². The molecule has 26 heavy (non-hydrogen) atoms. The first-order chi connectivity index (χ1) is 12.3. The minimum atomic E-state index is -3.65. The minimum Gasteiger partial charge on any atom is -0.493 e. The maximum absolute atomic E-state index is 13.0. The van der Waals surface area contributed by atoms with Crippen LogP contribution in [0.5, 0.6) is 11.5 Å². The molecule has 1 unspecified atom stereocenters. The molecule has 1 atom stereocenters. The molecule has 1 aliphatic rings. The summed E-state index contributed by atoms with van der Waals surface area (Å²) in [5.41, 5.74) is 0. The SMILES string of the molecule is COc1ccc(S(=O)(=O)N2CCCC(N(C)CC(=O)O)CC2)cc1OC. The summed E-state index contributed by atoms with van der Waals surface area (Å²) in [5.74, 6) is -0.0494. The Morgan fingerprint density at radius 1 is 1.23 bits per heavy atom. The van der Waals surface area contributed by atoms with Crippen LogP contribution < -0.4 is 9.47 Å². The first kappa shape index (κ1) is 20.5. The van der Waals surface area contributed by atoms with Gasteiger partial charge in [0.15, 0.2) is 11.5 Å². The quantitative estimate of drug-likeness (QED) is 0.754. The van der Waals surface area contributed by atoms with Crippen LogP contribution in [0.3, 0.4) is 0 Å². The normalized spacial score (nSPS) is 19.2. The lowest BCUT2D eigenvalue weighted by atomic mass is 10.1. The molecule has 0 spiro atoms. The van der Waals surface area contributed by atoms with E-state index in [1.807, 2.05) is 0 Å². The molecule has 0 bridgehead atoms. The number of hydrogen-bond donors (Lipinski definition) is 1. The van der Waals surface area contributed by atoms with E-state index in [-0.39, 0.29) is 17.5 Å². The maximum Gasteiger partial charge on any atom is 0.317 e. The first-order valence-electron chi connectivity index (χ1n) is 8.43. The monoisotopic (exact) mass is 386 g/mol. The molecular formula is C17H26N2O6S. The van der Waals surface area contributed by atoms with E-state index in [1.54, 1.807) is 18.0 Å². The van der Waals surface area contributed by atoms with Crippen LogP contribution in [0.1, 0.15) is 19.3 Å². The predicted octanol–water partition coefficient (Wildman–Crippen LogP) is 1.26. The van der Waals surface area contributed by atoms with Crippen LogP contribution in [-0.4, -0.2) is 75.6 Å². The largest absolute Gasteiger partial charge is 0.493 e. The van der Waals surface area contributed by atoms with E-state index in [0.717, 1.165) is 6.42 Å². The predicted molar refractivity (Wildman–Crippen MR) is 96.2 cm³/mol. The van der Waals surface area contributed by atoms with Crippen LogP contribution in [0.15, 0.2) is 23.1 Å². The van der Waals surface area contributed by atoms with Gasteiger partial charge in [0.05, 0.1) is 25.7 Å². The van der Waals surface area contributed by atoms with Gasteiger partial charge in [-0.1, -0.05) is 0 Å². The molecular weight excluding hydrogens is 360 g/mol. The van der Waals surface area contributed by atoms with Crippen molar-refractivity contribution in [2.45, 2.75) is 30.2 Å². The first-order valence-corrected chi connectivity index (χ1v) is 9.87. The standard InChI is InChI=1S/C17H26N2O6S/c1-18(12-17(20)21)13-5-4-9-19(10-8-13)26(22,23)14-6-7-15(24-2)16(11-14)25-3/h6-7,11,13H,4-5,8-10,12H2,1-3H3,(H,20,21). The molecule has 1 aromatic carbocycles. The van der Waals surface area contributed by atoms with Crippen molar-refractivity contribution in [3.05, 3.63) is 18.2 Å². The summed E-state index contributed by atoms with van der Waals surface area (Å²) in [6.07, 6.45) is 2.04. The average molecular weight is 386 g/mol. The van der Waals surface area contributed by atoms with E-state index in [2.05, 4.69) is 0 Å². The number of nitrogens with zero attached hydrogens (tertiary/aromatic N) is 2. The minimum absolute atomic E-state index is 0.0485. The molecule has 0 radical (unpaired) electrons. The van der Waals surface area contributed by atoms with Gasteiger partial charge in [-0.05, 0) is 38.4 Å². The van der Waals surface area contributed by atoms with Gasteiger partial charge in [-0.2, -0.15) is 4.31 Å². The third-order valence-corrected chi connectivity index (χ3v) is 6.55. The van der Waals surface area contributed by atoms with Crippen molar-refractivity contribution in [1.29, 1.82) is 0 Å². The topological polar surface area (TPSA) is 96.4 Å². The Hall–Kier alpha value is -1.84. The molecule has 0 aliphatic carbocycles. The Morgan fingerprint density at radius 2 is 1.92 bits per heavy atom. The lowest BCUT2D eigenvalue weighted by Gasteiger charge is -2.25. The molecule has 9 heteroatoms. The molecule has 0 amide bonds. The van der Waals surface area contributed by atoms with Crippen LogP contribution >= 0.6 is 0 Å². The smallest absolute Gasteiger partial charge is 0.317 e. The second-order valence-corrected chi connectivity index (χ2v) is 8.25. The zero-order chi connectivity index (χ0) is 19.3. The van der Waals surface area contributed by atoms with Gasteiger partial charge in [0.2, 0.25) is 10.0 Å². The molecule has 0 saturated carbocycles. The Balaban J connectivity index is 2.16. The molecule has 2 rings (SSSR count). The highest BCUT2D eigenvalue weighted by molar-refractivity contribution is 7.89. The zero-order valence-electron chi connectivity index (χ0n) is 15.3. The van der Waals surface area contributed by atoms with E-state index >= 15 is 0 Å². The van der Waals surface area contributed by atoms with Gasteiger partial charge in [0, 0.05) is 25.2 Å². The summed E-state index contributed by atoms with van der Waals surface area (Å²) >= 11 is 0. The van der Waals surface area contributed by atoms with Crippen LogP contribution in [0.25, 0.3) is 0 Å². The molecule has 1 aromatic rings. The molecule has 0 aromatic heterocycles. The highest BCUT2D eigenvalue weighted by atomic mass is 32.2. The maximum atomic E-state index is 13.0. The van der Waals surface area contributed by atoms with Crippen molar-refractivity contribution >= 4 is 16.0 Å². The van der Waals surface area contributed by atoms with Crippen molar-refractivity contribution < 1.29 is 27.8 Å². The van der Waals surface area contributed by atoms with Crippen LogP contribution in [-0.2, 0) is 14.8 Å². The number of carboxylic acid groups (broad SMARTS) is 1. The number of aliphatic carboxylic acids is 1. The van der Waals surface area contributed by atoms with E-state index in [4.69, 9.17) is 14.6 Å². The van der Waals surface area contributed by atoms with Gasteiger partial charge >= 0.3 is 5.97 Å². The number of rotatable bonds is 7. The summed E-state index contributed by atoms with van der Waals surface area (Å²) in [6, 6.07) is 4.60. The van der Waals surface area contributed by atoms with Crippen molar-refractivity contribution in [3.63, 3.8) is 0 Å². The average Bonchev–Trinajstić information content (AvgIpc) is 2.87. The van der Waals surface area contributed by atoms with E-state index in [0.29, 0.717) is 37.4 Å². The number of ether oxygens (including phenoxy) is 2. The Labute approximate surface area is 154 Å². The second kappa shape index (κ2) is 8.70. The van der Waals surface area contributed by atoms with Crippen molar-refractivity contribution in [3.8, 4) is 11.5 Å². The van der Waals surface area contributed by atoms with Gasteiger partial charge in [0.1, 0.15) is 0 Å². The highest BCUT2D eigenvalue weighted by Crippen LogP contribution is 2.31. The van der Waals surface area contributed by atoms with E-state index in [9.17, 15) is 13.2 Å². The van der Waals surface area contributed by atoms with Crippen LogP contribution in [0.2, 0.25) is 0 Å². The number of sulfonamides is 1.